The highest BCUT2D eigenvalue weighted by atomic mass is 32.1. The molecule has 2 aromatic heterocycles. The Labute approximate surface area is 222 Å². The van der Waals surface area contributed by atoms with Crippen LogP contribution < -0.4 is 20.3 Å². The van der Waals surface area contributed by atoms with Gasteiger partial charge in [-0.2, -0.15) is 0 Å². The molecule has 2 aromatic carbocycles. The molecule has 2 N–H and O–H groups in total. The van der Waals surface area contributed by atoms with Gasteiger partial charge in [-0.25, -0.2) is 0 Å². The molecule has 8 heteroatoms. The number of pyridine rings is 1. The minimum Gasteiger partial charge on any atom is -0.484 e. The van der Waals surface area contributed by atoms with Crippen LogP contribution in [-0.2, 0) is 4.79 Å². The number of ether oxygens (including phenoxy) is 1. The number of nitrogens with zero attached hydrogens (tertiary/aromatic N) is 3. The SMILES string of the molecule is CC(C)n1cccc1[C@@H]1[C@@H](c2ccccn2)NC(=S)N1c1ccc(NC(=O)COc2ccccc2)cc1. The van der Waals surface area contributed by atoms with E-state index in [9.17, 15) is 4.79 Å². The van der Waals surface area contributed by atoms with Crippen LogP contribution in [-0.4, -0.2) is 27.2 Å². The number of para-hydroxylation sites is 1. The zero-order chi connectivity index (χ0) is 25.8. The van der Waals surface area contributed by atoms with Gasteiger partial charge >= 0.3 is 0 Å². The molecule has 37 heavy (non-hydrogen) atoms. The summed E-state index contributed by atoms with van der Waals surface area (Å²) in [5.74, 6) is 0.431. The largest absolute Gasteiger partial charge is 0.484 e. The first-order valence-corrected chi connectivity index (χ1v) is 12.7. The number of carbonyl (C=O) groups is 1. The predicted molar refractivity (Wildman–Crippen MR) is 150 cm³/mol. The quantitative estimate of drug-likeness (QED) is 0.298. The van der Waals surface area contributed by atoms with Crippen molar-refractivity contribution in [2.24, 2.45) is 0 Å². The van der Waals surface area contributed by atoms with E-state index in [1.807, 2.05) is 72.8 Å². The van der Waals surface area contributed by atoms with Crippen molar-refractivity contribution in [2.75, 3.05) is 16.8 Å². The minimum absolute atomic E-state index is 0.0636. The number of rotatable bonds is 8. The molecule has 3 heterocycles. The number of carbonyl (C=O) groups excluding carboxylic acids is 1. The molecule has 0 spiro atoms. The van der Waals surface area contributed by atoms with Gasteiger partial charge in [-0.15, -0.1) is 0 Å². The van der Waals surface area contributed by atoms with Gasteiger partial charge in [0.05, 0.1) is 11.7 Å². The maximum Gasteiger partial charge on any atom is 0.262 e. The molecule has 5 rings (SSSR count). The third kappa shape index (κ3) is 5.34. The first-order chi connectivity index (χ1) is 18.0. The van der Waals surface area contributed by atoms with E-state index in [1.54, 1.807) is 6.20 Å². The van der Waals surface area contributed by atoms with Crippen molar-refractivity contribution in [3.8, 4) is 5.75 Å². The molecule has 1 aliphatic rings. The van der Waals surface area contributed by atoms with E-state index in [4.69, 9.17) is 17.0 Å². The molecule has 0 saturated carbocycles. The van der Waals surface area contributed by atoms with Crippen molar-refractivity contribution >= 4 is 34.6 Å². The van der Waals surface area contributed by atoms with Gasteiger partial charge in [0, 0.05) is 35.5 Å². The lowest BCUT2D eigenvalue weighted by Gasteiger charge is -2.30. The van der Waals surface area contributed by atoms with Crippen molar-refractivity contribution < 1.29 is 9.53 Å². The number of nitrogens with one attached hydrogen (secondary N) is 2. The monoisotopic (exact) mass is 511 g/mol. The summed E-state index contributed by atoms with van der Waals surface area (Å²) in [4.78, 5) is 19.2. The first kappa shape index (κ1) is 24.5. The molecule has 1 aliphatic heterocycles. The van der Waals surface area contributed by atoms with E-state index >= 15 is 0 Å². The van der Waals surface area contributed by atoms with Gasteiger partial charge < -0.3 is 24.8 Å². The molecular weight excluding hydrogens is 482 g/mol. The lowest BCUT2D eigenvalue weighted by Crippen LogP contribution is -2.30. The van der Waals surface area contributed by atoms with Gasteiger partial charge in [0.2, 0.25) is 0 Å². The van der Waals surface area contributed by atoms with E-state index in [1.165, 1.54) is 0 Å². The molecule has 0 bridgehead atoms. The molecule has 2 atom stereocenters. The summed E-state index contributed by atoms with van der Waals surface area (Å²) in [5, 5.41) is 7.02. The number of hydrogen-bond acceptors (Lipinski definition) is 4. The van der Waals surface area contributed by atoms with Crippen molar-refractivity contribution in [2.45, 2.75) is 32.0 Å². The Morgan fingerprint density at radius 1 is 1.03 bits per heavy atom. The summed E-state index contributed by atoms with van der Waals surface area (Å²) in [6.07, 6.45) is 3.91. The second kappa shape index (κ2) is 10.8. The highest BCUT2D eigenvalue weighted by Gasteiger charge is 2.42. The lowest BCUT2D eigenvalue weighted by atomic mass is 10.0. The zero-order valence-electron chi connectivity index (χ0n) is 20.7. The molecule has 0 radical (unpaired) electrons. The molecule has 188 valence electrons. The maximum absolute atomic E-state index is 12.4. The fourth-order valence-electron chi connectivity index (χ4n) is 4.63. The van der Waals surface area contributed by atoms with Gasteiger partial charge in [0.25, 0.3) is 5.91 Å². The van der Waals surface area contributed by atoms with Crippen LogP contribution in [0.25, 0.3) is 0 Å². The van der Waals surface area contributed by atoms with Crippen LogP contribution in [0.15, 0.2) is 97.3 Å². The summed E-state index contributed by atoms with van der Waals surface area (Å²) in [6, 6.07) is 27.2. The summed E-state index contributed by atoms with van der Waals surface area (Å²) >= 11 is 5.83. The van der Waals surface area contributed by atoms with Crippen molar-refractivity contribution in [3.63, 3.8) is 0 Å². The molecule has 1 saturated heterocycles. The predicted octanol–water partition coefficient (Wildman–Crippen LogP) is 5.66. The Kier molecular flexibility index (Phi) is 7.18. The average Bonchev–Trinajstić information content (AvgIpc) is 3.54. The Morgan fingerprint density at radius 3 is 2.49 bits per heavy atom. The standard InChI is InChI=1S/C29H29N5O2S/c1-20(2)33-18-8-12-25(33)28-27(24-11-6-7-17-30-24)32-29(37)34(28)22-15-13-21(14-16-22)31-26(35)19-36-23-9-4-3-5-10-23/h3-18,20,27-28H,19H2,1-2H3,(H,31,35)(H,32,37)/t27-,28-/m1/s1. The van der Waals surface area contributed by atoms with Crippen LogP contribution in [0.1, 0.15) is 43.4 Å². The van der Waals surface area contributed by atoms with E-state index in [0.29, 0.717) is 22.6 Å². The number of aromatic nitrogens is 2. The van der Waals surface area contributed by atoms with Crippen LogP contribution in [0.2, 0.25) is 0 Å². The number of anilines is 2. The third-order valence-corrected chi connectivity index (χ3v) is 6.63. The molecule has 0 aliphatic carbocycles. The topological polar surface area (TPSA) is 71.4 Å². The van der Waals surface area contributed by atoms with Gasteiger partial charge in [-0.3, -0.25) is 9.78 Å². The molecule has 1 fully saturated rings. The highest BCUT2D eigenvalue weighted by Crippen LogP contribution is 2.42. The van der Waals surface area contributed by atoms with Gasteiger partial charge in [0.1, 0.15) is 11.8 Å². The Morgan fingerprint density at radius 2 is 1.78 bits per heavy atom. The number of hydrogen-bond donors (Lipinski definition) is 2. The van der Waals surface area contributed by atoms with Gasteiger partial charge in [0.15, 0.2) is 11.7 Å². The average molecular weight is 512 g/mol. The maximum atomic E-state index is 12.4. The molecule has 0 unspecified atom stereocenters. The van der Waals surface area contributed by atoms with E-state index in [0.717, 1.165) is 17.1 Å². The zero-order valence-corrected chi connectivity index (χ0v) is 21.6. The van der Waals surface area contributed by atoms with E-state index in [-0.39, 0.29) is 24.6 Å². The molecule has 7 nitrogen and oxygen atoms in total. The Hall–Kier alpha value is -4.17. The van der Waals surface area contributed by atoms with Gasteiger partial charge in [-0.1, -0.05) is 24.3 Å². The van der Waals surface area contributed by atoms with Crippen molar-refractivity contribution in [3.05, 3.63) is 109 Å². The normalized spacial score (nSPS) is 17.1. The summed E-state index contributed by atoms with van der Waals surface area (Å²) in [6.45, 7) is 4.28. The molecule has 1 amide bonds. The fraction of sp³-hybridized carbons (Fsp3) is 0.207. The minimum atomic E-state index is -0.224. The second-order valence-corrected chi connectivity index (χ2v) is 9.51. The summed E-state index contributed by atoms with van der Waals surface area (Å²) in [5.41, 5.74) is 3.69. The van der Waals surface area contributed by atoms with Crippen LogP contribution in [0, 0.1) is 0 Å². The van der Waals surface area contributed by atoms with Crippen molar-refractivity contribution in [1.82, 2.24) is 14.9 Å². The summed E-state index contributed by atoms with van der Waals surface area (Å²) < 4.78 is 7.81. The number of benzene rings is 2. The van der Waals surface area contributed by atoms with E-state index in [2.05, 4.69) is 57.3 Å². The first-order valence-electron chi connectivity index (χ1n) is 12.3. The number of amides is 1. The fourth-order valence-corrected chi connectivity index (χ4v) is 4.98. The molecular formula is C29H29N5O2S. The Bertz CT molecular complexity index is 1360. The van der Waals surface area contributed by atoms with Crippen molar-refractivity contribution in [1.29, 1.82) is 0 Å². The van der Waals surface area contributed by atoms with Crippen LogP contribution >= 0.6 is 12.2 Å². The second-order valence-electron chi connectivity index (χ2n) is 9.13. The van der Waals surface area contributed by atoms with Crippen LogP contribution in [0.4, 0.5) is 11.4 Å². The lowest BCUT2D eigenvalue weighted by molar-refractivity contribution is -0.118. The summed E-state index contributed by atoms with van der Waals surface area (Å²) in [7, 11) is 0. The third-order valence-electron chi connectivity index (χ3n) is 6.31. The molecule has 4 aromatic rings. The van der Waals surface area contributed by atoms with Gasteiger partial charge in [-0.05, 0) is 86.7 Å². The highest BCUT2D eigenvalue weighted by molar-refractivity contribution is 7.80. The van der Waals surface area contributed by atoms with E-state index < -0.39 is 0 Å². The van der Waals surface area contributed by atoms with Crippen LogP contribution in [0.5, 0.6) is 5.75 Å². The number of thiocarbonyl (C=S) groups is 1. The smallest absolute Gasteiger partial charge is 0.262 e. The van der Waals surface area contributed by atoms with Crippen LogP contribution in [0.3, 0.4) is 0 Å². The Balaban J connectivity index is 1.38.